The molecule has 0 bridgehead atoms. The molecule has 2 heteroatoms. The van der Waals surface area contributed by atoms with Crippen LogP contribution in [0.5, 0.6) is 0 Å². The Kier molecular flexibility index (Phi) is 6.26. The summed E-state index contributed by atoms with van der Waals surface area (Å²) in [6.07, 6.45) is 8.05. The van der Waals surface area contributed by atoms with Gasteiger partial charge in [0.1, 0.15) is 0 Å². The summed E-state index contributed by atoms with van der Waals surface area (Å²) in [6.45, 7) is 8.02. The van der Waals surface area contributed by atoms with Crippen molar-refractivity contribution in [1.82, 2.24) is 4.90 Å². The van der Waals surface area contributed by atoms with Gasteiger partial charge in [0.05, 0.1) is 0 Å². The second kappa shape index (κ2) is 7.24. The molecule has 90 valence electrons. The highest BCUT2D eigenvalue weighted by molar-refractivity contribution is 4.89. The average molecular weight is 212 g/mol. The molecule has 0 spiro atoms. The molecule has 2 unspecified atom stereocenters. The first-order valence-electron chi connectivity index (χ1n) is 6.77. The quantitative estimate of drug-likeness (QED) is 0.670. The van der Waals surface area contributed by atoms with Crippen molar-refractivity contribution in [3.63, 3.8) is 0 Å². The van der Waals surface area contributed by atoms with E-state index in [2.05, 4.69) is 18.7 Å². The Labute approximate surface area is 95.2 Å². The Hall–Kier alpha value is -0.0800. The molecular weight excluding hydrogens is 184 g/mol. The van der Waals surface area contributed by atoms with Crippen molar-refractivity contribution >= 4 is 0 Å². The highest BCUT2D eigenvalue weighted by atomic mass is 15.2. The molecule has 0 aromatic rings. The fourth-order valence-electron chi connectivity index (χ4n) is 2.47. The first kappa shape index (κ1) is 13.0. The highest BCUT2D eigenvalue weighted by Gasteiger charge is 2.33. The number of unbranched alkanes of at least 4 members (excludes halogenated alkanes) is 2. The fourth-order valence-corrected chi connectivity index (χ4v) is 2.47. The predicted octanol–water partition coefficient (Wildman–Crippen LogP) is 2.63. The largest absolute Gasteiger partial charge is 0.330 e. The Bertz CT molecular complexity index is 149. The lowest BCUT2D eigenvalue weighted by Crippen LogP contribution is -2.50. The second-order valence-corrected chi connectivity index (χ2v) is 4.88. The van der Waals surface area contributed by atoms with Crippen LogP contribution < -0.4 is 5.73 Å². The molecule has 0 saturated heterocycles. The first-order chi connectivity index (χ1) is 7.33. The molecule has 1 fully saturated rings. The minimum atomic E-state index is 0.790. The molecule has 2 N–H and O–H groups in total. The highest BCUT2D eigenvalue weighted by Crippen LogP contribution is 2.31. The predicted molar refractivity (Wildman–Crippen MR) is 67.0 cm³/mol. The van der Waals surface area contributed by atoms with Crippen LogP contribution in [0.4, 0.5) is 0 Å². The molecule has 15 heavy (non-hydrogen) atoms. The van der Waals surface area contributed by atoms with Gasteiger partial charge in [0.15, 0.2) is 0 Å². The minimum Gasteiger partial charge on any atom is -0.330 e. The van der Waals surface area contributed by atoms with Crippen LogP contribution in [0.15, 0.2) is 0 Å². The molecule has 0 aromatic heterocycles. The lowest BCUT2D eigenvalue weighted by Gasteiger charge is -2.44. The van der Waals surface area contributed by atoms with E-state index in [0.717, 1.165) is 18.5 Å². The molecule has 1 aliphatic carbocycles. The van der Waals surface area contributed by atoms with Gasteiger partial charge in [-0.15, -0.1) is 0 Å². The van der Waals surface area contributed by atoms with E-state index in [-0.39, 0.29) is 0 Å². The van der Waals surface area contributed by atoms with Gasteiger partial charge in [-0.05, 0) is 51.2 Å². The van der Waals surface area contributed by atoms with Crippen molar-refractivity contribution in [3.8, 4) is 0 Å². The molecule has 2 nitrogen and oxygen atoms in total. The van der Waals surface area contributed by atoms with Gasteiger partial charge in [0.25, 0.3) is 0 Å². The Morgan fingerprint density at radius 3 is 2.00 bits per heavy atom. The van der Waals surface area contributed by atoms with E-state index in [0.29, 0.717) is 0 Å². The summed E-state index contributed by atoms with van der Waals surface area (Å²) in [5.74, 6) is 0.790. The van der Waals surface area contributed by atoms with Crippen LogP contribution in [0, 0.1) is 5.92 Å². The molecule has 0 heterocycles. The van der Waals surface area contributed by atoms with Crippen molar-refractivity contribution in [2.75, 3.05) is 19.6 Å². The monoisotopic (exact) mass is 212 g/mol. The lowest BCUT2D eigenvalue weighted by atomic mass is 9.78. The summed E-state index contributed by atoms with van der Waals surface area (Å²) < 4.78 is 0. The zero-order valence-corrected chi connectivity index (χ0v) is 10.5. The van der Waals surface area contributed by atoms with Gasteiger partial charge >= 0.3 is 0 Å². The molecule has 1 saturated carbocycles. The average Bonchev–Trinajstić information content (AvgIpc) is 2.21. The standard InChI is InChI=1S/C13H28N2/c1-3-5-9-15(10-6-4-2)13-8-7-12(13)11-14/h12-13H,3-11,14H2,1-2H3. The summed E-state index contributed by atoms with van der Waals surface area (Å²) in [7, 11) is 0. The van der Waals surface area contributed by atoms with Gasteiger partial charge in [-0.25, -0.2) is 0 Å². The van der Waals surface area contributed by atoms with Crippen LogP contribution in [-0.2, 0) is 0 Å². The van der Waals surface area contributed by atoms with Crippen molar-refractivity contribution in [2.45, 2.75) is 58.4 Å². The number of hydrogen-bond donors (Lipinski definition) is 1. The van der Waals surface area contributed by atoms with Crippen molar-refractivity contribution in [3.05, 3.63) is 0 Å². The third kappa shape index (κ3) is 3.76. The smallest absolute Gasteiger partial charge is 0.0136 e. The Morgan fingerprint density at radius 1 is 1.07 bits per heavy atom. The topological polar surface area (TPSA) is 29.3 Å². The molecule has 0 aromatic carbocycles. The number of nitrogens with zero attached hydrogens (tertiary/aromatic N) is 1. The Morgan fingerprint density at radius 2 is 1.67 bits per heavy atom. The van der Waals surface area contributed by atoms with Crippen LogP contribution in [0.25, 0.3) is 0 Å². The van der Waals surface area contributed by atoms with Crippen LogP contribution in [0.3, 0.4) is 0 Å². The number of hydrogen-bond acceptors (Lipinski definition) is 2. The summed E-state index contributed by atoms with van der Waals surface area (Å²) >= 11 is 0. The van der Waals surface area contributed by atoms with E-state index in [1.807, 2.05) is 0 Å². The maximum absolute atomic E-state index is 5.79. The van der Waals surface area contributed by atoms with Crippen molar-refractivity contribution in [2.24, 2.45) is 11.7 Å². The van der Waals surface area contributed by atoms with E-state index in [1.165, 1.54) is 51.6 Å². The number of nitrogens with two attached hydrogens (primary N) is 1. The van der Waals surface area contributed by atoms with E-state index in [1.54, 1.807) is 0 Å². The fraction of sp³-hybridized carbons (Fsp3) is 1.00. The van der Waals surface area contributed by atoms with Crippen LogP contribution in [0.2, 0.25) is 0 Å². The summed E-state index contributed by atoms with van der Waals surface area (Å²) in [4.78, 5) is 2.70. The SMILES string of the molecule is CCCCN(CCCC)C1CCC1CN. The number of rotatable bonds is 8. The third-order valence-electron chi connectivity index (χ3n) is 3.75. The van der Waals surface area contributed by atoms with Gasteiger partial charge < -0.3 is 10.6 Å². The third-order valence-corrected chi connectivity index (χ3v) is 3.75. The maximum Gasteiger partial charge on any atom is 0.0136 e. The van der Waals surface area contributed by atoms with E-state index >= 15 is 0 Å². The van der Waals surface area contributed by atoms with Crippen molar-refractivity contribution < 1.29 is 0 Å². The molecule has 0 amide bonds. The molecule has 0 radical (unpaired) electrons. The second-order valence-electron chi connectivity index (χ2n) is 4.88. The Balaban J connectivity index is 2.33. The molecular formula is C13H28N2. The van der Waals surface area contributed by atoms with Gasteiger partial charge in [-0.3, -0.25) is 0 Å². The summed E-state index contributed by atoms with van der Waals surface area (Å²) in [5, 5.41) is 0. The van der Waals surface area contributed by atoms with E-state index < -0.39 is 0 Å². The van der Waals surface area contributed by atoms with Gasteiger partial charge in [0, 0.05) is 6.04 Å². The molecule has 2 atom stereocenters. The normalized spacial score (nSPS) is 25.6. The first-order valence-corrected chi connectivity index (χ1v) is 6.77. The maximum atomic E-state index is 5.79. The minimum absolute atomic E-state index is 0.790. The molecule has 0 aliphatic heterocycles. The van der Waals surface area contributed by atoms with Gasteiger partial charge in [-0.1, -0.05) is 26.7 Å². The van der Waals surface area contributed by atoms with E-state index in [4.69, 9.17) is 5.73 Å². The van der Waals surface area contributed by atoms with Crippen LogP contribution in [-0.4, -0.2) is 30.6 Å². The summed E-state index contributed by atoms with van der Waals surface area (Å²) in [6, 6.07) is 0.813. The van der Waals surface area contributed by atoms with Gasteiger partial charge in [-0.2, -0.15) is 0 Å². The van der Waals surface area contributed by atoms with Crippen LogP contribution >= 0.6 is 0 Å². The zero-order chi connectivity index (χ0) is 11.1. The summed E-state index contributed by atoms with van der Waals surface area (Å²) in [5.41, 5.74) is 5.79. The molecule has 1 aliphatic rings. The lowest BCUT2D eigenvalue weighted by molar-refractivity contribution is 0.0640. The van der Waals surface area contributed by atoms with Gasteiger partial charge in [0.2, 0.25) is 0 Å². The van der Waals surface area contributed by atoms with E-state index in [9.17, 15) is 0 Å². The van der Waals surface area contributed by atoms with Crippen LogP contribution in [0.1, 0.15) is 52.4 Å². The zero-order valence-electron chi connectivity index (χ0n) is 10.5. The van der Waals surface area contributed by atoms with Crippen molar-refractivity contribution in [1.29, 1.82) is 0 Å². The molecule has 1 rings (SSSR count).